The van der Waals surface area contributed by atoms with Gasteiger partial charge < -0.3 is 5.73 Å². The first-order chi connectivity index (χ1) is 8.60. The molecule has 0 amide bonds. The maximum Gasteiger partial charge on any atom is 0.0937 e. The Morgan fingerprint density at radius 3 is 2.78 bits per heavy atom. The molecule has 0 radical (unpaired) electrons. The number of nitrogens with zero attached hydrogens (tertiary/aromatic N) is 1. The highest BCUT2D eigenvalue weighted by molar-refractivity contribution is 7.15. The number of hydrogen-bond donors (Lipinski definition) is 1. The van der Waals surface area contributed by atoms with Gasteiger partial charge in [0.25, 0.3) is 0 Å². The standard InChI is InChI=1S/C15H20N2S/c1-10(2)7-14-17-11(3)15(18-14)13-6-4-5-12(8-13)9-16/h4-6,8,10H,7,9,16H2,1-3H3. The normalized spacial score (nSPS) is 11.2. The molecule has 0 aliphatic heterocycles. The molecule has 0 aliphatic rings. The summed E-state index contributed by atoms with van der Waals surface area (Å²) in [5, 5.41) is 1.23. The van der Waals surface area contributed by atoms with Crippen LogP contribution >= 0.6 is 11.3 Å². The van der Waals surface area contributed by atoms with E-state index in [0.29, 0.717) is 12.5 Å². The molecule has 18 heavy (non-hydrogen) atoms. The van der Waals surface area contributed by atoms with Gasteiger partial charge in [-0.1, -0.05) is 32.0 Å². The van der Waals surface area contributed by atoms with Gasteiger partial charge in [-0.05, 0) is 30.0 Å². The second-order valence-electron chi connectivity index (χ2n) is 5.02. The molecule has 0 fully saturated rings. The second kappa shape index (κ2) is 5.63. The zero-order chi connectivity index (χ0) is 13.1. The molecule has 0 aliphatic carbocycles. The van der Waals surface area contributed by atoms with E-state index in [-0.39, 0.29) is 0 Å². The Morgan fingerprint density at radius 1 is 1.33 bits per heavy atom. The molecule has 0 unspecified atom stereocenters. The van der Waals surface area contributed by atoms with Crippen LogP contribution in [0, 0.1) is 12.8 Å². The Bertz CT molecular complexity index is 529. The number of thiazole rings is 1. The van der Waals surface area contributed by atoms with Gasteiger partial charge in [0.05, 0.1) is 15.6 Å². The quantitative estimate of drug-likeness (QED) is 0.908. The van der Waals surface area contributed by atoms with Crippen LogP contribution in [0.4, 0.5) is 0 Å². The largest absolute Gasteiger partial charge is 0.326 e. The highest BCUT2D eigenvalue weighted by atomic mass is 32.1. The number of hydrogen-bond acceptors (Lipinski definition) is 3. The van der Waals surface area contributed by atoms with Crippen LogP contribution in [0.3, 0.4) is 0 Å². The molecule has 0 spiro atoms. The van der Waals surface area contributed by atoms with Crippen LogP contribution < -0.4 is 5.73 Å². The van der Waals surface area contributed by atoms with Crippen LogP contribution in [0.2, 0.25) is 0 Å². The lowest BCUT2D eigenvalue weighted by Gasteiger charge is -2.02. The molecule has 1 heterocycles. The molecule has 0 saturated carbocycles. The fraction of sp³-hybridized carbons (Fsp3) is 0.400. The lowest BCUT2D eigenvalue weighted by Crippen LogP contribution is -1.95. The highest BCUT2D eigenvalue weighted by Gasteiger charge is 2.11. The second-order valence-corrected chi connectivity index (χ2v) is 6.11. The van der Waals surface area contributed by atoms with Crippen LogP contribution in [0.15, 0.2) is 24.3 Å². The summed E-state index contributed by atoms with van der Waals surface area (Å²) in [6, 6.07) is 8.44. The number of nitrogens with two attached hydrogens (primary N) is 1. The number of rotatable bonds is 4. The molecule has 2 nitrogen and oxygen atoms in total. The van der Waals surface area contributed by atoms with Crippen molar-refractivity contribution in [1.82, 2.24) is 4.98 Å². The lowest BCUT2D eigenvalue weighted by atomic mass is 10.1. The molecular weight excluding hydrogens is 240 g/mol. The van der Waals surface area contributed by atoms with E-state index in [9.17, 15) is 0 Å². The van der Waals surface area contributed by atoms with E-state index in [1.807, 2.05) is 11.3 Å². The van der Waals surface area contributed by atoms with Crippen LogP contribution in [0.1, 0.15) is 30.1 Å². The molecule has 0 bridgehead atoms. The minimum absolute atomic E-state index is 0.588. The maximum absolute atomic E-state index is 5.69. The van der Waals surface area contributed by atoms with E-state index in [0.717, 1.165) is 12.1 Å². The third kappa shape index (κ3) is 2.98. The predicted octanol–water partition coefficient (Wildman–Crippen LogP) is 3.78. The number of benzene rings is 1. The van der Waals surface area contributed by atoms with Gasteiger partial charge in [0.1, 0.15) is 0 Å². The summed E-state index contributed by atoms with van der Waals surface area (Å²) in [5.41, 5.74) is 9.23. The predicted molar refractivity (Wildman–Crippen MR) is 78.7 cm³/mol. The molecule has 2 rings (SSSR count). The molecule has 2 aromatic rings. The van der Waals surface area contributed by atoms with Crippen molar-refractivity contribution in [2.24, 2.45) is 11.7 Å². The van der Waals surface area contributed by atoms with Crippen molar-refractivity contribution in [2.75, 3.05) is 0 Å². The molecule has 0 atom stereocenters. The summed E-state index contributed by atoms with van der Waals surface area (Å²) < 4.78 is 0. The fourth-order valence-corrected chi connectivity index (χ4v) is 3.27. The van der Waals surface area contributed by atoms with Gasteiger partial charge in [-0.3, -0.25) is 0 Å². The summed E-state index contributed by atoms with van der Waals surface area (Å²) in [6.07, 6.45) is 1.06. The third-order valence-corrected chi connectivity index (χ3v) is 4.08. The minimum atomic E-state index is 0.588. The van der Waals surface area contributed by atoms with Crippen molar-refractivity contribution in [3.63, 3.8) is 0 Å². The number of aromatic nitrogens is 1. The van der Waals surface area contributed by atoms with Crippen molar-refractivity contribution < 1.29 is 0 Å². The zero-order valence-electron chi connectivity index (χ0n) is 11.2. The Hall–Kier alpha value is -1.19. The van der Waals surface area contributed by atoms with E-state index in [1.165, 1.54) is 21.0 Å². The smallest absolute Gasteiger partial charge is 0.0937 e. The van der Waals surface area contributed by atoms with Gasteiger partial charge in [-0.25, -0.2) is 4.98 Å². The molecule has 0 saturated heterocycles. The van der Waals surface area contributed by atoms with Gasteiger partial charge in [-0.15, -0.1) is 11.3 Å². The summed E-state index contributed by atoms with van der Waals surface area (Å²) >= 11 is 1.81. The van der Waals surface area contributed by atoms with Crippen molar-refractivity contribution in [1.29, 1.82) is 0 Å². The van der Waals surface area contributed by atoms with Crippen LogP contribution in [-0.2, 0) is 13.0 Å². The summed E-state index contributed by atoms with van der Waals surface area (Å²) in [4.78, 5) is 5.95. The first-order valence-corrected chi connectivity index (χ1v) is 7.17. The third-order valence-electron chi connectivity index (χ3n) is 2.85. The SMILES string of the molecule is Cc1nc(CC(C)C)sc1-c1cccc(CN)c1. The number of aryl methyl sites for hydroxylation is 1. The Morgan fingerprint density at radius 2 is 2.11 bits per heavy atom. The Balaban J connectivity index is 2.34. The monoisotopic (exact) mass is 260 g/mol. The van der Waals surface area contributed by atoms with Crippen LogP contribution in [-0.4, -0.2) is 4.98 Å². The van der Waals surface area contributed by atoms with Crippen molar-refractivity contribution in [3.05, 3.63) is 40.5 Å². The molecule has 1 aromatic heterocycles. The van der Waals surface area contributed by atoms with Crippen molar-refractivity contribution in [2.45, 2.75) is 33.7 Å². The Kier molecular flexibility index (Phi) is 4.15. The van der Waals surface area contributed by atoms with E-state index in [1.54, 1.807) is 0 Å². The van der Waals surface area contributed by atoms with Crippen LogP contribution in [0.5, 0.6) is 0 Å². The summed E-state index contributed by atoms with van der Waals surface area (Å²) in [5.74, 6) is 0.652. The molecule has 96 valence electrons. The van der Waals surface area contributed by atoms with E-state index in [2.05, 4.69) is 50.0 Å². The van der Waals surface area contributed by atoms with E-state index < -0.39 is 0 Å². The molecule has 3 heteroatoms. The topological polar surface area (TPSA) is 38.9 Å². The Labute approximate surface area is 113 Å². The maximum atomic E-state index is 5.69. The van der Waals surface area contributed by atoms with Crippen LogP contribution in [0.25, 0.3) is 10.4 Å². The molecular formula is C15H20N2S. The fourth-order valence-electron chi connectivity index (χ4n) is 2.00. The summed E-state index contributed by atoms with van der Waals surface area (Å²) in [6.45, 7) is 7.13. The van der Waals surface area contributed by atoms with Gasteiger partial charge >= 0.3 is 0 Å². The van der Waals surface area contributed by atoms with Gasteiger partial charge in [0, 0.05) is 13.0 Å². The first kappa shape index (κ1) is 13.2. The van der Waals surface area contributed by atoms with Crippen molar-refractivity contribution >= 4 is 11.3 Å². The lowest BCUT2D eigenvalue weighted by molar-refractivity contribution is 0.643. The molecule has 1 aromatic carbocycles. The highest BCUT2D eigenvalue weighted by Crippen LogP contribution is 2.31. The first-order valence-electron chi connectivity index (χ1n) is 6.36. The average molecular weight is 260 g/mol. The zero-order valence-corrected chi connectivity index (χ0v) is 12.1. The minimum Gasteiger partial charge on any atom is -0.326 e. The van der Waals surface area contributed by atoms with E-state index >= 15 is 0 Å². The van der Waals surface area contributed by atoms with Gasteiger partial charge in [0.2, 0.25) is 0 Å². The molecule has 2 N–H and O–H groups in total. The van der Waals surface area contributed by atoms with Gasteiger partial charge in [-0.2, -0.15) is 0 Å². The van der Waals surface area contributed by atoms with Gasteiger partial charge in [0.15, 0.2) is 0 Å². The summed E-state index contributed by atoms with van der Waals surface area (Å²) in [7, 11) is 0. The van der Waals surface area contributed by atoms with E-state index in [4.69, 9.17) is 5.73 Å². The van der Waals surface area contributed by atoms with Crippen molar-refractivity contribution in [3.8, 4) is 10.4 Å². The average Bonchev–Trinajstić information content (AvgIpc) is 2.69.